The molecule has 0 saturated heterocycles. The van der Waals surface area contributed by atoms with Crippen LogP contribution in [0.15, 0.2) is 22.7 Å². The Balaban J connectivity index is 2.10. The molecule has 1 aliphatic carbocycles. The molecule has 5 heteroatoms. The van der Waals surface area contributed by atoms with Gasteiger partial charge in [0.15, 0.2) is 0 Å². The third-order valence-electron chi connectivity index (χ3n) is 4.24. The fourth-order valence-electron chi connectivity index (χ4n) is 2.87. The number of imidazole rings is 1. The van der Waals surface area contributed by atoms with E-state index in [9.17, 15) is 0 Å². The van der Waals surface area contributed by atoms with Crippen LogP contribution in [0.3, 0.4) is 0 Å². The first kappa shape index (κ1) is 14.7. The summed E-state index contributed by atoms with van der Waals surface area (Å²) in [4.78, 5) is 4.73. The van der Waals surface area contributed by atoms with Crippen molar-refractivity contribution < 1.29 is 0 Å². The van der Waals surface area contributed by atoms with E-state index < -0.39 is 0 Å². The zero-order chi connectivity index (χ0) is 14.3. The lowest BCUT2D eigenvalue weighted by atomic mass is 9.84. The van der Waals surface area contributed by atoms with E-state index in [0.29, 0.717) is 4.75 Å². The van der Waals surface area contributed by atoms with E-state index in [1.54, 1.807) is 0 Å². The molecule has 0 amide bonds. The number of rotatable bonds is 4. The summed E-state index contributed by atoms with van der Waals surface area (Å²) in [6.45, 7) is 3.01. The first-order valence-corrected chi connectivity index (χ1v) is 9.35. The summed E-state index contributed by atoms with van der Waals surface area (Å²) in [7, 11) is 0. The minimum absolute atomic E-state index is 0.0693. The molecule has 1 unspecified atom stereocenters. The molecule has 108 valence electrons. The van der Waals surface area contributed by atoms with Gasteiger partial charge in [-0.1, -0.05) is 22.4 Å². The van der Waals surface area contributed by atoms with Crippen LogP contribution in [0.4, 0.5) is 0 Å². The maximum absolute atomic E-state index is 6.35. The van der Waals surface area contributed by atoms with Crippen LogP contribution >= 0.6 is 39.3 Å². The van der Waals surface area contributed by atoms with Crippen molar-refractivity contribution >= 4 is 50.3 Å². The van der Waals surface area contributed by atoms with Crippen LogP contribution in [0.5, 0.6) is 0 Å². The van der Waals surface area contributed by atoms with Crippen molar-refractivity contribution in [1.82, 2.24) is 9.55 Å². The van der Waals surface area contributed by atoms with Crippen molar-refractivity contribution in [2.24, 2.45) is 0 Å². The van der Waals surface area contributed by atoms with Gasteiger partial charge in [-0.2, -0.15) is 11.8 Å². The smallest absolute Gasteiger partial charge is 0.127 e. The average molecular weight is 374 g/mol. The van der Waals surface area contributed by atoms with Crippen molar-refractivity contribution in [3.05, 3.63) is 28.5 Å². The van der Waals surface area contributed by atoms with Crippen molar-refractivity contribution in [1.29, 1.82) is 0 Å². The van der Waals surface area contributed by atoms with Gasteiger partial charge in [-0.05, 0) is 44.2 Å². The van der Waals surface area contributed by atoms with Crippen LogP contribution in [-0.4, -0.2) is 20.6 Å². The van der Waals surface area contributed by atoms with E-state index in [2.05, 4.69) is 38.9 Å². The third-order valence-corrected chi connectivity index (χ3v) is 6.33. The zero-order valence-corrected chi connectivity index (χ0v) is 14.9. The molecule has 0 bridgehead atoms. The van der Waals surface area contributed by atoms with Gasteiger partial charge in [-0.15, -0.1) is 11.6 Å². The Morgan fingerprint density at radius 2 is 2.25 bits per heavy atom. The molecule has 2 aromatic rings. The Morgan fingerprint density at radius 1 is 1.50 bits per heavy atom. The van der Waals surface area contributed by atoms with Crippen LogP contribution in [0.2, 0.25) is 0 Å². The summed E-state index contributed by atoms with van der Waals surface area (Å²) < 4.78 is 3.79. The van der Waals surface area contributed by atoms with Crippen LogP contribution < -0.4 is 0 Å². The number of hydrogen-bond acceptors (Lipinski definition) is 2. The lowest BCUT2D eigenvalue weighted by Gasteiger charge is -2.41. The minimum Gasteiger partial charge on any atom is -0.325 e. The predicted octanol–water partition coefficient (Wildman–Crippen LogP) is 5.38. The number of nitrogens with zero attached hydrogens (tertiary/aromatic N) is 2. The molecule has 2 nitrogen and oxygen atoms in total. The van der Waals surface area contributed by atoms with Gasteiger partial charge >= 0.3 is 0 Å². The maximum Gasteiger partial charge on any atom is 0.127 e. The fraction of sp³-hybridized carbons (Fsp3) is 0.533. The summed E-state index contributed by atoms with van der Waals surface area (Å²) >= 11 is 11.9. The number of benzene rings is 1. The summed E-state index contributed by atoms with van der Waals surface area (Å²) in [6.07, 6.45) is 6.14. The Labute approximate surface area is 137 Å². The molecule has 1 aromatic carbocycles. The summed E-state index contributed by atoms with van der Waals surface area (Å²) in [5.74, 6) is 0.986. The normalized spacial score (nSPS) is 19.0. The van der Waals surface area contributed by atoms with Gasteiger partial charge < -0.3 is 4.57 Å². The van der Waals surface area contributed by atoms with Crippen molar-refractivity contribution in [3.63, 3.8) is 0 Å². The highest BCUT2D eigenvalue weighted by Gasteiger charge is 2.37. The summed E-state index contributed by atoms with van der Waals surface area (Å²) in [5, 5.41) is -0.0693. The molecule has 20 heavy (non-hydrogen) atoms. The van der Waals surface area contributed by atoms with Gasteiger partial charge in [-0.3, -0.25) is 0 Å². The number of thioether (sulfide) groups is 1. The predicted molar refractivity (Wildman–Crippen MR) is 91.8 cm³/mol. The molecule has 0 spiro atoms. The number of alkyl halides is 1. The molecule has 3 rings (SSSR count). The highest BCUT2D eigenvalue weighted by molar-refractivity contribution is 9.10. The van der Waals surface area contributed by atoms with Crippen molar-refractivity contribution in [2.45, 2.75) is 42.9 Å². The summed E-state index contributed by atoms with van der Waals surface area (Å²) in [6, 6.07) is 6.25. The van der Waals surface area contributed by atoms with Gasteiger partial charge in [0, 0.05) is 15.8 Å². The molecule has 1 atom stereocenters. The highest BCUT2D eigenvalue weighted by Crippen LogP contribution is 2.45. The van der Waals surface area contributed by atoms with E-state index in [1.165, 1.54) is 24.8 Å². The third kappa shape index (κ3) is 2.51. The van der Waals surface area contributed by atoms with Crippen LogP contribution in [0.25, 0.3) is 11.0 Å². The second kappa shape index (κ2) is 5.54. The largest absolute Gasteiger partial charge is 0.325 e. The Hall–Kier alpha value is -0.190. The number of aromatic nitrogens is 2. The van der Waals surface area contributed by atoms with Gasteiger partial charge in [-0.25, -0.2) is 4.98 Å². The monoisotopic (exact) mass is 372 g/mol. The topological polar surface area (TPSA) is 17.8 Å². The number of fused-ring (bicyclic) bond motifs is 1. The van der Waals surface area contributed by atoms with Crippen LogP contribution in [0, 0.1) is 0 Å². The fourth-order valence-corrected chi connectivity index (χ4v) is 4.34. The molecule has 0 radical (unpaired) electrons. The Kier molecular flexibility index (Phi) is 4.08. The molecule has 0 N–H and O–H groups in total. The molecule has 1 aliphatic rings. The van der Waals surface area contributed by atoms with E-state index in [0.717, 1.165) is 22.4 Å². The highest BCUT2D eigenvalue weighted by atomic mass is 79.9. The van der Waals surface area contributed by atoms with E-state index >= 15 is 0 Å². The lowest BCUT2D eigenvalue weighted by molar-refractivity contribution is 0.321. The molecule has 1 aromatic heterocycles. The molecule has 0 aliphatic heterocycles. The summed E-state index contributed by atoms with van der Waals surface area (Å²) in [5.41, 5.74) is 2.22. The molecule has 1 saturated carbocycles. The van der Waals surface area contributed by atoms with E-state index in [1.807, 2.05) is 24.8 Å². The molecular formula is C15H18BrClN2S. The van der Waals surface area contributed by atoms with Gasteiger partial charge in [0.25, 0.3) is 0 Å². The van der Waals surface area contributed by atoms with Crippen LogP contribution in [0.1, 0.15) is 37.4 Å². The number of hydrogen-bond donors (Lipinski definition) is 0. The minimum atomic E-state index is -0.0693. The quantitative estimate of drug-likeness (QED) is 0.669. The van der Waals surface area contributed by atoms with Crippen molar-refractivity contribution in [3.8, 4) is 0 Å². The Bertz CT molecular complexity index is 629. The second-order valence-electron chi connectivity index (χ2n) is 5.55. The molecule has 1 fully saturated rings. The van der Waals surface area contributed by atoms with Crippen molar-refractivity contribution in [2.75, 3.05) is 6.26 Å². The first-order chi connectivity index (χ1) is 9.54. The van der Waals surface area contributed by atoms with Gasteiger partial charge in [0.1, 0.15) is 5.82 Å². The second-order valence-corrected chi connectivity index (χ2v) is 8.39. The zero-order valence-electron chi connectivity index (χ0n) is 11.7. The van der Waals surface area contributed by atoms with E-state index in [4.69, 9.17) is 16.6 Å². The first-order valence-electron chi connectivity index (χ1n) is 6.89. The lowest BCUT2D eigenvalue weighted by Crippen LogP contribution is -2.38. The number of halogens is 2. The Morgan fingerprint density at radius 3 is 2.80 bits per heavy atom. The SMILES string of the molecule is CSC1(Cn2c(C(C)Cl)nc3ccc(Br)cc32)CCC1. The maximum atomic E-state index is 6.35. The standard InChI is InChI=1S/C15H18BrClN2S/c1-10(17)14-18-12-5-4-11(16)8-13(12)19(14)9-15(20-2)6-3-7-15/h4-5,8,10H,3,6-7,9H2,1-2H3. The van der Waals surface area contributed by atoms with Crippen LogP contribution in [-0.2, 0) is 6.54 Å². The van der Waals surface area contributed by atoms with Gasteiger partial charge in [0.2, 0.25) is 0 Å². The molecular weight excluding hydrogens is 356 g/mol. The average Bonchev–Trinajstić information content (AvgIpc) is 2.72. The van der Waals surface area contributed by atoms with Gasteiger partial charge in [0.05, 0.1) is 16.4 Å². The van der Waals surface area contributed by atoms with E-state index in [-0.39, 0.29) is 5.38 Å². The molecule has 1 heterocycles.